The molecule has 0 aliphatic carbocycles. The Morgan fingerprint density at radius 1 is 1.22 bits per heavy atom. The van der Waals surface area contributed by atoms with Crippen LogP contribution in [0.4, 0.5) is 0 Å². The van der Waals surface area contributed by atoms with Crippen LogP contribution in [-0.2, 0) is 11.2 Å². The topological polar surface area (TPSA) is 58.2 Å². The number of para-hydroxylation sites is 1. The average Bonchev–Trinajstić information content (AvgIpc) is 3.16. The lowest BCUT2D eigenvalue weighted by molar-refractivity contribution is -0.132. The van der Waals surface area contributed by atoms with Crippen LogP contribution in [0.5, 0.6) is 5.75 Å². The van der Waals surface area contributed by atoms with E-state index in [2.05, 4.69) is 22.1 Å². The van der Waals surface area contributed by atoms with Gasteiger partial charge in [-0.15, -0.1) is 0 Å². The molecule has 0 atom stereocenters. The number of nitrogens with zero attached hydrogens (tertiary/aromatic N) is 2. The fourth-order valence-corrected chi connectivity index (χ4v) is 3.95. The first-order valence-electron chi connectivity index (χ1n) is 9.58. The number of amides is 1. The van der Waals surface area contributed by atoms with E-state index in [0.29, 0.717) is 12.3 Å². The number of carbonyl (C=O) groups excluding carboxylic acids is 1. The smallest absolute Gasteiger partial charge is 0.222 e. The number of aromatic nitrogens is 2. The molecule has 0 saturated carbocycles. The Morgan fingerprint density at radius 3 is 2.81 bits per heavy atom. The first-order valence-corrected chi connectivity index (χ1v) is 9.58. The number of rotatable bonds is 5. The molecule has 5 heteroatoms. The molecule has 27 heavy (non-hydrogen) atoms. The van der Waals surface area contributed by atoms with Crippen molar-refractivity contribution in [1.29, 1.82) is 0 Å². The predicted octanol–water partition coefficient (Wildman–Crippen LogP) is 3.91. The Balaban J connectivity index is 1.32. The van der Waals surface area contributed by atoms with Gasteiger partial charge in [0, 0.05) is 37.3 Å². The number of H-pyrrole nitrogens is 1. The van der Waals surface area contributed by atoms with Gasteiger partial charge < -0.3 is 14.6 Å². The zero-order valence-electron chi connectivity index (χ0n) is 15.6. The summed E-state index contributed by atoms with van der Waals surface area (Å²) in [5, 5.41) is 0. The van der Waals surface area contributed by atoms with Gasteiger partial charge in [-0.05, 0) is 49.1 Å². The SMILES string of the molecule is COc1ccccc1CCC(=O)N1CCC(c2cc3ncccc3[nH]2)CC1. The molecule has 1 N–H and O–H groups in total. The van der Waals surface area contributed by atoms with E-state index < -0.39 is 0 Å². The van der Waals surface area contributed by atoms with Crippen molar-refractivity contribution in [3.05, 3.63) is 59.9 Å². The maximum atomic E-state index is 12.6. The Kier molecular flexibility index (Phi) is 5.10. The Bertz CT molecular complexity index is 893. The van der Waals surface area contributed by atoms with E-state index in [1.54, 1.807) is 7.11 Å². The van der Waals surface area contributed by atoms with Gasteiger partial charge in [0.15, 0.2) is 0 Å². The number of benzene rings is 1. The summed E-state index contributed by atoms with van der Waals surface area (Å²) in [6.45, 7) is 1.64. The molecule has 1 aliphatic heterocycles. The van der Waals surface area contributed by atoms with Gasteiger partial charge in [0.2, 0.25) is 5.91 Å². The van der Waals surface area contributed by atoms with Crippen molar-refractivity contribution in [3.8, 4) is 5.75 Å². The second kappa shape index (κ2) is 7.82. The number of hydrogen-bond acceptors (Lipinski definition) is 3. The zero-order chi connectivity index (χ0) is 18.6. The Labute approximate surface area is 159 Å². The maximum Gasteiger partial charge on any atom is 0.222 e. The molecule has 1 aliphatic rings. The lowest BCUT2D eigenvalue weighted by Crippen LogP contribution is -2.38. The monoisotopic (exact) mass is 363 g/mol. The van der Waals surface area contributed by atoms with Gasteiger partial charge in [0.05, 0.1) is 18.1 Å². The van der Waals surface area contributed by atoms with Crippen LogP contribution >= 0.6 is 0 Å². The molecule has 5 nitrogen and oxygen atoms in total. The summed E-state index contributed by atoms with van der Waals surface area (Å²) in [7, 11) is 1.67. The number of carbonyl (C=O) groups is 1. The van der Waals surface area contributed by atoms with Crippen molar-refractivity contribution in [3.63, 3.8) is 0 Å². The standard InChI is InChI=1S/C22H25N3O2/c1-27-21-7-3-2-5-17(21)8-9-22(26)25-13-10-16(11-14-25)19-15-20-18(24-19)6-4-12-23-20/h2-7,12,15-16,24H,8-11,13-14H2,1H3. The fourth-order valence-electron chi connectivity index (χ4n) is 3.95. The lowest BCUT2D eigenvalue weighted by Gasteiger charge is -2.31. The highest BCUT2D eigenvalue weighted by molar-refractivity contribution is 5.77. The number of piperidine rings is 1. The third kappa shape index (κ3) is 3.82. The van der Waals surface area contributed by atoms with Crippen LogP contribution in [0.15, 0.2) is 48.7 Å². The summed E-state index contributed by atoms with van der Waals surface area (Å²) in [6, 6.07) is 14.1. The van der Waals surface area contributed by atoms with Gasteiger partial charge >= 0.3 is 0 Å². The molecule has 140 valence electrons. The molecule has 0 unspecified atom stereocenters. The fraction of sp³-hybridized carbons (Fsp3) is 0.364. The number of methoxy groups -OCH3 is 1. The van der Waals surface area contributed by atoms with Crippen molar-refractivity contribution in [2.45, 2.75) is 31.6 Å². The van der Waals surface area contributed by atoms with Crippen LogP contribution in [0.3, 0.4) is 0 Å². The zero-order valence-corrected chi connectivity index (χ0v) is 15.6. The second-order valence-corrected chi connectivity index (χ2v) is 7.13. The number of fused-ring (bicyclic) bond motifs is 1. The summed E-state index contributed by atoms with van der Waals surface area (Å²) in [5.74, 6) is 1.56. The second-order valence-electron chi connectivity index (χ2n) is 7.13. The minimum absolute atomic E-state index is 0.234. The van der Waals surface area contributed by atoms with Gasteiger partial charge in [0.25, 0.3) is 0 Å². The Hall–Kier alpha value is -2.82. The lowest BCUT2D eigenvalue weighted by atomic mass is 9.93. The molecular weight excluding hydrogens is 338 g/mol. The van der Waals surface area contributed by atoms with Crippen LogP contribution < -0.4 is 4.74 Å². The molecule has 1 saturated heterocycles. The molecule has 4 rings (SSSR count). The number of pyridine rings is 1. The Morgan fingerprint density at radius 2 is 2.04 bits per heavy atom. The molecule has 2 aromatic heterocycles. The predicted molar refractivity (Wildman–Crippen MR) is 106 cm³/mol. The highest BCUT2D eigenvalue weighted by Gasteiger charge is 2.25. The van der Waals surface area contributed by atoms with E-state index in [-0.39, 0.29) is 5.91 Å². The summed E-state index contributed by atoms with van der Waals surface area (Å²) >= 11 is 0. The number of ether oxygens (including phenoxy) is 1. The van der Waals surface area contributed by atoms with Gasteiger partial charge in [-0.3, -0.25) is 9.78 Å². The van der Waals surface area contributed by atoms with Crippen LogP contribution in [0.1, 0.15) is 36.4 Å². The largest absolute Gasteiger partial charge is 0.496 e. The van der Waals surface area contributed by atoms with Crippen molar-refractivity contribution in [2.75, 3.05) is 20.2 Å². The number of aryl methyl sites for hydroxylation is 1. The van der Waals surface area contributed by atoms with Crippen LogP contribution in [0.25, 0.3) is 11.0 Å². The minimum atomic E-state index is 0.234. The molecule has 1 fully saturated rings. The summed E-state index contributed by atoms with van der Waals surface area (Å²) in [6.07, 6.45) is 5.06. The van der Waals surface area contributed by atoms with Crippen molar-refractivity contribution >= 4 is 16.9 Å². The van der Waals surface area contributed by atoms with Gasteiger partial charge in [-0.1, -0.05) is 18.2 Å². The number of likely N-dealkylation sites (tertiary alicyclic amines) is 1. The maximum absolute atomic E-state index is 12.6. The summed E-state index contributed by atoms with van der Waals surface area (Å²) in [4.78, 5) is 22.5. The molecule has 3 aromatic rings. The van der Waals surface area contributed by atoms with E-state index in [9.17, 15) is 4.79 Å². The highest BCUT2D eigenvalue weighted by atomic mass is 16.5. The molecule has 1 aromatic carbocycles. The van der Waals surface area contributed by atoms with Gasteiger partial charge in [0.1, 0.15) is 5.75 Å². The normalized spacial score (nSPS) is 15.2. The van der Waals surface area contributed by atoms with Crippen molar-refractivity contribution < 1.29 is 9.53 Å². The van der Waals surface area contributed by atoms with E-state index in [1.165, 1.54) is 5.69 Å². The number of aromatic amines is 1. The summed E-state index contributed by atoms with van der Waals surface area (Å²) < 4.78 is 5.38. The highest BCUT2D eigenvalue weighted by Crippen LogP contribution is 2.29. The molecule has 3 heterocycles. The molecular formula is C22H25N3O2. The van der Waals surface area contributed by atoms with Crippen LogP contribution in [0.2, 0.25) is 0 Å². The van der Waals surface area contributed by atoms with E-state index in [4.69, 9.17) is 4.74 Å². The third-order valence-corrected chi connectivity index (χ3v) is 5.50. The van der Waals surface area contributed by atoms with Gasteiger partial charge in [-0.25, -0.2) is 0 Å². The quantitative estimate of drug-likeness (QED) is 0.748. The first-order chi connectivity index (χ1) is 13.2. The van der Waals surface area contributed by atoms with E-state index >= 15 is 0 Å². The van der Waals surface area contributed by atoms with Crippen LogP contribution in [0, 0.1) is 0 Å². The number of hydrogen-bond donors (Lipinski definition) is 1. The van der Waals surface area contributed by atoms with E-state index in [1.807, 2.05) is 41.4 Å². The number of nitrogens with one attached hydrogen (secondary N) is 1. The van der Waals surface area contributed by atoms with Gasteiger partial charge in [-0.2, -0.15) is 0 Å². The molecule has 0 radical (unpaired) electrons. The van der Waals surface area contributed by atoms with Crippen molar-refractivity contribution in [1.82, 2.24) is 14.9 Å². The third-order valence-electron chi connectivity index (χ3n) is 5.50. The average molecular weight is 363 g/mol. The minimum Gasteiger partial charge on any atom is -0.496 e. The first kappa shape index (κ1) is 17.6. The molecule has 0 spiro atoms. The molecule has 1 amide bonds. The van der Waals surface area contributed by atoms with E-state index in [0.717, 1.165) is 54.7 Å². The summed E-state index contributed by atoms with van der Waals surface area (Å²) in [5.41, 5.74) is 4.43. The molecule has 0 bridgehead atoms. The van der Waals surface area contributed by atoms with Crippen molar-refractivity contribution in [2.24, 2.45) is 0 Å². The van der Waals surface area contributed by atoms with Crippen LogP contribution in [-0.4, -0.2) is 41.0 Å².